The van der Waals surface area contributed by atoms with Crippen molar-refractivity contribution >= 4 is 37.8 Å². The summed E-state index contributed by atoms with van der Waals surface area (Å²) in [4.78, 5) is 29.1. The second-order valence-electron chi connectivity index (χ2n) is 9.74. The molecule has 40 heavy (non-hydrogen) atoms. The number of carbonyl (C=O) groups is 2. The van der Waals surface area contributed by atoms with Gasteiger partial charge in [-0.05, 0) is 48.2 Å². The van der Waals surface area contributed by atoms with Gasteiger partial charge in [0.25, 0.3) is 0 Å². The number of hydrogen-bond acceptors (Lipinski definition) is 4. The molecule has 7 nitrogen and oxygen atoms in total. The number of amides is 2. The summed E-state index contributed by atoms with van der Waals surface area (Å²) in [6.45, 7) is 3.05. The van der Waals surface area contributed by atoms with Crippen LogP contribution in [0.2, 0.25) is 0 Å². The molecule has 0 aliphatic rings. The van der Waals surface area contributed by atoms with Crippen LogP contribution in [0.5, 0.6) is 0 Å². The van der Waals surface area contributed by atoms with Gasteiger partial charge in [-0.25, -0.2) is 12.7 Å². The summed E-state index contributed by atoms with van der Waals surface area (Å²) in [6.07, 6.45) is 2.62. The Labute approximate surface area is 246 Å². The Morgan fingerprint density at radius 3 is 2.12 bits per heavy atom. The SMILES string of the molecule is CCCCNC(=O)C(Cc1ccccc1)N(Cc1ccc(Br)cc1)C(=O)CCCN(C)S(=O)(=O)c1ccccc1. The van der Waals surface area contributed by atoms with Crippen LogP contribution in [-0.2, 0) is 32.6 Å². The molecule has 0 spiro atoms. The highest BCUT2D eigenvalue weighted by molar-refractivity contribution is 9.10. The van der Waals surface area contributed by atoms with Crippen molar-refractivity contribution in [2.75, 3.05) is 20.1 Å². The van der Waals surface area contributed by atoms with E-state index in [0.717, 1.165) is 28.4 Å². The molecule has 2 amide bonds. The summed E-state index contributed by atoms with van der Waals surface area (Å²) in [7, 11) is -2.13. The molecule has 0 aromatic heterocycles. The second kappa shape index (κ2) is 15.7. The molecule has 3 aromatic rings. The number of halogens is 1. The van der Waals surface area contributed by atoms with Crippen LogP contribution in [0.1, 0.15) is 43.7 Å². The molecule has 0 fully saturated rings. The van der Waals surface area contributed by atoms with E-state index in [9.17, 15) is 18.0 Å². The monoisotopic (exact) mass is 627 g/mol. The van der Waals surface area contributed by atoms with Crippen molar-refractivity contribution in [1.29, 1.82) is 0 Å². The molecule has 1 N–H and O–H groups in total. The van der Waals surface area contributed by atoms with Gasteiger partial charge < -0.3 is 10.2 Å². The molecule has 214 valence electrons. The summed E-state index contributed by atoms with van der Waals surface area (Å²) in [5.74, 6) is -0.383. The second-order valence-corrected chi connectivity index (χ2v) is 12.7. The molecule has 3 rings (SSSR count). The zero-order chi connectivity index (χ0) is 29.0. The van der Waals surface area contributed by atoms with Crippen LogP contribution in [0.4, 0.5) is 0 Å². The third-order valence-electron chi connectivity index (χ3n) is 6.68. The van der Waals surface area contributed by atoms with Crippen LogP contribution in [0, 0.1) is 0 Å². The predicted octanol–water partition coefficient (Wildman–Crippen LogP) is 5.41. The lowest BCUT2D eigenvalue weighted by Crippen LogP contribution is -2.50. The smallest absolute Gasteiger partial charge is 0.243 e. The van der Waals surface area contributed by atoms with E-state index in [-0.39, 0.29) is 36.2 Å². The van der Waals surface area contributed by atoms with E-state index in [4.69, 9.17) is 0 Å². The molecule has 9 heteroatoms. The first-order valence-corrected chi connectivity index (χ1v) is 15.8. The molecule has 0 bridgehead atoms. The molecule has 3 aromatic carbocycles. The van der Waals surface area contributed by atoms with Gasteiger partial charge in [0.05, 0.1) is 4.90 Å². The quantitative estimate of drug-likeness (QED) is 0.228. The highest BCUT2D eigenvalue weighted by Crippen LogP contribution is 2.19. The average Bonchev–Trinajstić information content (AvgIpc) is 2.96. The molecule has 0 aliphatic carbocycles. The van der Waals surface area contributed by atoms with Crippen LogP contribution >= 0.6 is 15.9 Å². The normalized spacial score (nSPS) is 12.2. The van der Waals surface area contributed by atoms with Crippen molar-refractivity contribution < 1.29 is 18.0 Å². The maximum absolute atomic E-state index is 13.8. The fraction of sp³-hybridized carbons (Fsp3) is 0.355. The van der Waals surface area contributed by atoms with Crippen LogP contribution in [0.25, 0.3) is 0 Å². The standard InChI is InChI=1S/C31H38BrN3O4S/c1-3-4-21-33-31(37)29(23-25-12-7-5-8-13-25)35(24-26-17-19-27(32)20-18-26)30(36)16-11-22-34(2)40(38,39)28-14-9-6-10-15-28/h5-10,12-15,17-20,29H,3-4,11,16,21-24H2,1-2H3,(H,33,37). The van der Waals surface area contributed by atoms with Crippen molar-refractivity contribution in [2.24, 2.45) is 0 Å². The molecule has 0 aliphatic heterocycles. The first kappa shape index (κ1) is 31.5. The van der Waals surface area contributed by atoms with Crippen LogP contribution in [0.15, 0.2) is 94.3 Å². The van der Waals surface area contributed by atoms with E-state index in [0.29, 0.717) is 19.4 Å². The minimum atomic E-state index is -3.65. The minimum Gasteiger partial charge on any atom is -0.354 e. The van der Waals surface area contributed by atoms with Gasteiger partial charge in [0, 0.05) is 44.0 Å². The third kappa shape index (κ3) is 9.28. The van der Waals surface area contributed by atoms with Gasteiger partial charge in [-0.2, -0.15) is 0 Å². The lowest BCUT2D eigenvalue weighted by atomic mass is 10.0. The maximum atomic E-state index is 13.8. The number of sulfonamides is 1. The van der Waals surface area contributed by atoms with E-state index < -0.39 is 16.1 Å². The van der Waals surface area contributed by atoms with Crippen LogP contribution in [-0.4, -0.2) is 55.6 Å². The van der Waals surface area contributed by atoms with Gasteiger partial charge in [-0.1, -0.05) is 89.9 Å². The predicted molar refractivity (Wildman–Crippen MR) is 162 cm³/mol. The van der Waals surface area contributed by atoms with Crippen molar-refractivity contribution in [3.63, 3.8) is 0 Å². The first-order valence-electron chi connectivity index (χ1n) is 13.6. The Bertz CT molecular complexity index is 1320. The summed E-state index contributed by atoms with van der Waals surface area (Å²) >= 11 is 3.45. The highest BCUT2D eigenvalue weighted by atomic mass is 79.9. The van der Waals surface area contributed by atoms with Gasteiger partial charge in [0.1, 0.15) is 6.04 Å². The number of unbranched alkanes of at least 4 members (excludes halogenated alkanes) is 1. The van der Waals surface area contributed by atoms with E-state index in [2.05, 4.69) is 28.2 Å². The van der Waals surface area contributed by atoms with E-state index in [1.165, 1.54) is 11.4 Å². The Hall–Kier alpha value is -3.01. The zero-order valence-electron chi connectivity index (χ0n) is 23.1. The number of benzene rings is 3. The van der Waals surface area contributed by atoms with Gasteiger partial charge in [-0.15, -0.1) is 0 Å². The highest BCUT2D eigenvalue weighted by Gasteiger charge is 2.30. The summed E-state index contributed by atoms with van der Waals surface area (Å²) in [5, 5.41) is 3.02. The van der Waals surface area contributed by atoms with Gasteiger partial charge in [0.15, 0.2) is 0 Å². The van der Waals surface area contributed by atoms with E-state index >= 15 is 0 Å². The number of nitrogens with zero attached hydrogens (tertiary/aromatic N) is 2. The minimum absolute atomic E-state index is 0.110. The van der Waals surface area contributed by atoms with Crippen molar-refractivity contribution in [1.82, 2.24) is 14.5 Å². The number of nitrogens with one attached hydrogen (secondary N) is 1. The summed E-state index contributed by atoms with van der Waals surface area (Å²) in [5.41, 5.74) is 1.86. The van der Waals surface area contributed by atoms with Gasteiger partial charge in [0.2, 0.25) is 21.8 Å². The largest absolute Gasteiger partial charge is 0.354 e. The molecular formula is C31H38BrN3O4S. The van der Waals surface area contributed by atoms with Crippen molar-refractivity contribution in [2.45, 2.75) is 56.5 Å². The number of rotatable bonds is 15. The molecule has 1 atom stereocenters. The van der Waals surface area contributed by atoms with E-state index in [1.54, 1.807) is 35.2 Å². The molecule has 0 heterocycles. The lowest BCUT2D eigenvalue weighted by molar-refractivity contribution is -0.141. The molecule has 0 saturated heterocycles. The molecule has 0 radical (unpaired) electrons. The maximum Gasteiger partial charge on any atom is 0.243 e. The fourth-order valence-electron chi connectivity index (χ4n) is 4.34. The fourth-order valence-corrected chi connectivity index (χ4v) is 5.83. The lowest BCUT2D eigenvalue weighted by Gasteiger charge is -2.32. The Kier molecular flexibility index (Phi) is 12.4. The number of carbonyl (C=O) groups excluding carboxylic acids is 2. The number of hydrogen-bond donors (Lipinski definition) is 1. The summed E-state index contributed by atoms with van der Waals surface area (Å²) < 4.78 is 28.0. The Morgan fingerprint density at radius 1 is 0.875 bits per heavy atom. The van der Waals surface area contributed by atoms with Gasteiger partial charge >= 0.3 is 0 Å². The van der Waals surface area contributed by atoms with Crippen molar-refractivity contribution in [3.8, 4) is 0 Å². The molecule has 1 unspecified atom stereocenters. The molecule has 0 saturated carbocycles. The topological polar surface area (TPSA) is 86.8 Å². The van der Waals surface area contributed by atoms with Crippen LogP contribution < -0.4 is 5.32 Å². The van der Waals surface area contributed by atoms with E-state index in [1.807, 2.05) is 54.6 Å². The average molecular weight is 629 g/mol. The zero-order valence-corrected chi connectivity index (χ0v) is 25.5. The first-order chi connectivity index (χ1) is 19.2. The Balaban J connectivity index is 1.80. The van der Waals surface area contributed by atoms with Gasteiger partial charge in [-0.3, -0.25) is 9.59 Å². The van der Waals surface area contributed by atoms with Crippen molar-refractivity contribution in [3.05, 3.63) is 101 Å². The summed E-state index contributed by atoms with van der Waals surface area (Å²) in [6, 6.07) is 24.9. The van der Waals surface area contributed by atoms with Crippen LogP contribution in [0.3, 0.4) is 0 Å². The third-order valence-corrected chi connectivity index (χ3v) is 9.08. The Morgan fingerprint density at radius 2 is 1.50 bits per heavy atom. The molecular weight excluding hydrogens is 590 g/mol.